The average molecular weight is 407 g/mol. The molecule has 1 saturated carbocycles. The van der Waals surface area contributed by atoms with Crippen molar-refractivity contribution in [2.24, 2.45) is 5.92 Å². The van der Waals surface area contributed by atoms with Gasteiger partial charge in [-0.3, -0.25) is 14.6 Å². The Morgan fingerprint density at radius 2 is 1.73 bits per heavy atom. The number of anilines is 1. The summed E-state index contributed by atoms with van der Waals surface area (Å²) in [5.41, 5.74) is 0.902. The molecule has 8 heteroatoms. The molecule has 7 nitrogen and oxygen atoms in total. The summed E-state index contributed by atoms with van der Waals surface area (Å²) in [5.74, 6) is -0.364. The standard InChI is InChI=1S/C22H22FN5O2/c23-18-3-1-2-4-19(18)28-14-11-20(27-28)26-22(30)15-5-7-17(8-6-15)25-21(29)16-9-12-24-13-10-16/h1-4,9-15,17H,5-8H2,(H,25,29)(H,26,27,30). The first-order valence-corrected chi connectivity index (χ1v) is 9.92. The summed E-state index contributed by atoms with van der Waals surface area (Å²) in [4.78, 5) is 28.8. The van der Waals surface area contributed by atoms with Crippen molar-refractivity contribution in [2.75, 3.05) is 5.32 Å². The molecular weight excluding hydrogens is 385 g/mol. The summed E-state index contributed by atoms with van der Waals surface area (Å²) in [6, 6.07) is 11.4. The number of aromatic nitrogens is 3. The Balaban J connectivity index is 1.29. The van der Waals surface area contributed by atoms with Crippen molar-refractivity contribution in [3.63, 3.8) is 0 Å². The third-order valence-electron chi connectivity index (χ3n) is 5.32. The summed E-state index contributed by atoms with van der Waals surface area (Å²) in [5, 5.41) is 10.1. The molecule has 4 rings (SSSR count). The third-order valence-corrected chi connectivity index (χ3v) is 5.32. The van der Waals surface area contributed by atoms with Crippen molar-refractivity contribution < 1.29 is 14.0 Å². The second kappa shape index (κ2) is 8.86. The lowest BCUT2D eigenvalue weighted by molar-refractivity contribution is -0.120. The molecule has 1 aliphatic rings. The van der Waals surface area contributed by atoms with Gasteiger partial charge in [0.25, 0.3) is 5.91 Å². The Hall–Kier alpha value is -3.55. The minimum Gasteiger partial charge on any atom is -0.349 e. The number of hydrogen-bond donors (Lipinski definition) is 2. The molecule has 0 saturated heterocycles. The Kier molecular flexibility index (Phi) is 5.83. The van der Waals surface area contributed by atoms with E-state index < -0.39 is 0 Å². The van der Waals surface area contributed by atoms with E-state index in [2.05, 4.69) is 20.7 Å². The molecule has 2 heterocycles. The highest BCUT2D eigenvalue weighted by atomic mass is 19.1. The van der Waals surface area contributed by atoms with E-state index in [0.29, 0.717) is 29.9 Å². The number of nitrogens with zero attached hydrogens (tertiary/aromatic N) is 3. The van der Waals surface area contributed by atoms with E-state index in [1.807, 2.05) is 0 Å². The summed E-state index contributed by atoms with van der Waals surface area (Å²) < 4.78 is 15.3. The molecule has 2 aromatic heterocycles. The SMILES string of the molecule is O=C(NC1CCC(C(=O)Nc2ccn(-c3ccccc3F)n2)CC1)c1ccncc1. The van der Waals surface area contributed by atoms with E-state index in [1.54, 1.807) is 55.0 Å². The van der Waals surface area contributed by atoms with Gasteiger partial charge in [0.2, 0.25) is 5.91 Å². The first-order chi connectivity index (χ1) is 14.6. The molecule has 154 valence electrons. The molecule has 0 spiro atoms. The quantitative estimate of drug-likeness (QED) is 0.679. The molecule has 2 N–H and O–H groups in total. The number of amides is 2. The van der Waals surface area contributed by atoms with E-state index in [0.717, 1.165) is 12.8 Å². The molecule has 0 bridgehead atoms. The second-order valence-electron chi connectivity index (χ2n) is 7.34. The predicted molar refractivity (Wildman–Crippen MR) is 110 cm³/mol. The first kappa shape index (κ1) is 19.8. The number of benzene rings is 1. The lowest BCUT2D eigenvalue weighted by Gasteiger charge is -2.28. The van der Waals surface area contributed by atoms with E-state index in [-0.39, 0.29) is 29.6 Å². The van der Waals surface area contributed by atoms with Crippen LogP contribution in [0.3, 0.4) is 0 Å². The van der Waals surface area contributed by atoms with Gasteiger partial charge in [0.15, 0.2) is 5.82 Å². The highest BCUT2D eigenvalue weighted by Crippen LogP contribution is 2.26. The van der Waals surface area contributed by atoms with Crippen molar-refractivity contribution in [1.82, 2.24) is 20.1 Å². The average Bonchev–Trinajstić information content (AvgIpc) is 3.23. The van der Waals surface area contributed by atoms with Gasteiger partial charge >= 0.3 is 0 Å². The van der Waals surface area contributed by atoms with Crippen LogP contribution in [-0.2, 0) is 4.79 Å². The van der Waals surface area contributed by atoms with Crippen LogP contribution in [0.4, 0.5) is 10.2 Å². The maximum Gasteiger partial charge on any atom is 0.251 e. The lowest BCUT2D eigenvalue weighted by Crippen LogP contribution is -2.39. The van der Waals surface area contributed by atoms with E-state index >= 15 is 0 Å². The minimum atomic E-state index is -0.384. The number of para-hydroxylation sites is 1. The molecule has 0 radical (unpaired) electrons. The second-order valence-corrected chi connectivity index (χ2v) is 7.34. The third kappa shape index (κ3) is 4.53. The highest BCUT2D eigenvalue weighted by Gasteiger charge is 2.27. The first-order valence-electron chi connectivity index (χ1n) is 9.92. The lowest BCUT2D eigenvalue weighted by atomic mass is 9.85. The summed E-state index contributed by atoms with van der Waals surface area (Å²) in [6.45, 7) is 0. The number of carbonyl (C=O) groups excluding carboxylic acids is 2. The van der Waals surface area contributed by atoms with Gasteiger partial charge in [-0.05, 0) is 49.9 Å². The topological polar surface area (TPSA) is 88.9 Å². The van der Waals surface area contributed by atoms with Crippen molar-refractivity contribution in [3.05, 3.63) is 72.4 Å². The largest absolute Gasteiger partial charge is 0.349 e. The molecule has 1 fully saturated rings. The van der Waals surface area contributed by atoms with Crippen LogP contribution in [0, 0.1) is 11.7 Å². The van der Waals surface area contributed by atoms with Crippen molar-refractivity contribution in [3.8, 4) is 5.69 Å². The molecule has 1 aliphatic carbocycles. The van der Waals surface area contributed by atoms with E-state index in [9.17, 15) is 14.0 Å². The summed E-state index contributed by atoms with van der Waals surface area (Å²) in [6.07, 6.45) is 7.62. The fourth-order valence-electron chi connectivity index (χ4n) is 3.66. The highest BCUT2D eigenvalue weighted by molar-refractivity contribution is 5.94. The van der Waals surface area contributed by atoms with E-state index in [4.69, 9.17) is 0 Å². The van der Waals surface area contributed by atoms with Gasteiger partial charge in [-0.2, -0.15) is 0 Å². The monoisotopic (exact) mass is 407 g/mol. The number of pyridine rings is 1. The molecule has 0 aliphatic heterocycles. The summed E-state index contributed by atoms with van der Waals surface area (Å²) >= 11 is 0. The van der Waals surface area contributed by atoms with Gasteiger partial charge < -0.3 is 10.6 Å². The van der Waals surface area contributed by atoms with Crippen molar-refractivity contribution >= 4 is 17.6 Å². The number of halogens is 1. The predicted octanol–water partition coefficient (Wildman–Crippen LogP) is 3.33. The summed E-state index contributed by atoms with van der Waals surface area (Å²) in [7, 11) is 0. The zero-order chi connectivity index (χ0) is 20.9. The fourth-order valence-corrected chi connectivity index (χ4v) is 3.66. The van der Waals surface area contributed by atoms with Crippen LogP contribution in [0.1, 0.15) is 36.0 Å². The zero-order valence-electron chi connectivity index (χ0n) is 16.3. The Morgan fingerprint density at radius 1 is 1.00 bits per heavy atom. The normalized spacial score (nSPS) is 18.6. The van der Waals surface area contributed by atoms with Gasteiger partial charge in [-0.1, -0.05) is 12.1 Å². The van der Waals surface area contributed by atoms with Crippen LogP contribution in [0.5, 0.6) is 0 Å². The van der Waals surface area contributed by atoms with Gasteiger partial charge in [-0.25, -0.2) is 9.07 Å². The van der Waals surface area contributed by atoms with Gasteiger partial charge in [0.05, 0.1) is 0 Å². The van der Waals surface area contributed by atoms with Crippen LogP contribution in [-0.4, -0.2) is 32.6 Å². The van der Waals surface area contributed by atoms with Gasteiger partial charge in [0, 0.05) is 42.2 Å². The number of nitrogens with one attached hydrogen (secondary N) is 2. The minimum absolute atomic E-state index is 0.0509. The maximum absolute atomic E-state index is 13.9. The van der Waals surface area contributed by atoms with Gasteiger partial charge in [0.1, 0.15) is 11.5 Å². The Labute approximate surface area is 173 Å². The van der Waals surface area contributed by atoms with Crippen LogP contribution in [0.2, 0.25) is 0 Å². The Bertz CT molecular complexity index is 1030. The molecule has 0 atom stereocenters. The molecular formula is C22H22FN5O2. The van der Waals surface area contributed by atoms with Crippen LogP contribution in [0.25, 0.3) is 5.69 Å². The fraction of sp³-hybridized carbons (Fsp3) is 0.273. The number of hydrogen-bond acceptors (Lipinski definition) is 4. The maximum atomic E-state index is 13.9. The van der Waals surface area contributed by atoms with Crippen LogP contribution >= 0.6 is 0 Å². The zero-order valence-corrected chi connectivity index (χ0v) is 16.3. The molecule has 0 unspecified atom stereocenters. The van der Waals surface area contributed by atoms with Crippen molar-refractivity contribution in [2.45, 2.75) is 31.7 Å². The van der Waals surface area contributed by atoms with Gasteiger partial charge in [-0.15, -0.1) is 5.10 Å². The molecule has 1 aromatic carbocycles. The Morgan fingerprint density at radius 3 is 2.47 bits per heavy atom. The van der Waals surface area contributed by atoms with Crippen molar-refractivity contribution in [1.29, 1.82) is 0 Å². The van der Waals surface area contributed by atoms with Crippen LogP contribution in [0.15, 0.2) is 61.1 Å². The van der Waals surface area contributed by atoms with Crippen LogP contribution < -0.4 is 10.6 Å². The smallest absolute Gasteiger partial charge is 0.251 e. The molecule has 2 amide bonds. The molecule has 30 heavy (non-hydrogen) atoms. The molecule has 3 aromatic rings. The van der Waals surface area contributed by atoms with E-state index in [1.165, 1.54) is 10.7 Å². The number of carbonyl (C=O) groups is 2. The number of rotatable bonds is 5.